The van der Waals surface area contributed by atoms with Gasteiger partial charge in [-0.25, -0.2) is 4.79 Å². The topological polar surface area (TPSA) is 162 Å². The standard InChI is InChI=1S/C37H50F3N3O10/c1-3-5-9-16-35(17-10-6-4-2)51-29-26-21-36(34(48)42-18-15-27(45)41-19-20-44)31(33(47)50-26)43(53-32(36)30(29)52-35)22-25-12-8-7-11-24(25)13-14-28(46)49-23-37(38,39)40/h7-8,11-14,26,29-32,44H,3-6,9-10,15-23H2,1-2H3,(H,41,45)(H,42,48). The summed E-state index contributed by atoms with van der Waals surface area (Å²) < 4.78 is 61.7. The first-order valence-corrected chi connectivity index (χ1v) is 18.5. The molecule has 16 heteroatoms. The van der Waals surface area contributed by atoms with Crippen LogP contribution in [0.15, 0.2) is 30.3 Å². The minimum absolute atomic E-state index is 0.0432. The van der Waals surface area contributed by atoms with Gasteiger partial charge in [-0.1, -0.05) is 63.8 Å². The number of nitrogens with one attached hydrogen (secondary N) is 2. The van der Waals surface area contributed by atoms with Crippen molar-refractivity contribution < 1.29 is 61.2 Å². The maximum atomic E-state index is 14.4. The van der Waals surface area contributed by atoms with Crippen LogP contribution in [0.3, 0.4) is 0 Å². The van der Waals surface area contributed by atoms with Crippen molar-refractivity contribution in [3.63, 3.8) is 0 Å². The molecule has 6 atom stereocenters. The molecule has 2 bridgehead atoms. The Balaban J connectivity index is 1.45. The molecule has 1 aromatic carbocycles. The van der Waals surface area contributed by atoms with Crippen molar-refractivity contribution in [2.45, 2.75) is 127 Å². The Kier molecular flexibility index (Phi) is 13.6. The van der Waals surface area contributed by atoms with Gasteiger partial charge in [0, 0.05) is 44.8 Å². The number of carbonyl (C=O) groups excluding carboxylic acids is 4. The summed E-state index contributed by atoms with van der Waals surface area (Å²) >= 11 is 0. The monoisotopic (exact) mass is 753 g/mol. The zero-order valence-electron chi connectivity index (χ0n) is 30.2. The summed E-state index contributed by atoms with van der Waals surface area (Å²) in [4.78, 5) is 59.4. The lowest BCUT2D eigenvalue weighted by atomic mass is 9.62. The number of fused-ring (bicyclic) bond motifs is 4. The molecule has 5 rings (SSSR count). The number of ether oxygens (including phenoxy) is 4. The van der Waals surface area contributed by atoms with Gasteiger partial charge in [-0.15, -0.1) is 0 Å². The van der Waals surface area contributed by atoms with E-state index in [1.54, 1.807) is 24.3 Å². The molecule has 294 valence electrons. The van der Waals surface area contributed by atoms with E-state index in [4.69, 9.17) is 24.2 Å². The van der Waals surface area contributed by atoms with Gasteiger partial charge in [0.1, 0.15) is 29.8 Å². The van der Waals surface area contributed by atoms with E-state index in [2.05, 4.69) is 29.2 Å². The normalized spacial score (nSPS) is 27.4. The Morgan fingerprint density at radius 3 is 2.40 bits per heavy atom. The number of esters is 2. The first kappa shape index (κ1) is 40.6. The van der Waals surface area contributed by atoms with E-state index < -0.39 is 72.3 Å². The third-order valence-corrected chi connectivity index (χ3v) is 10.2. The minimum Gasteiger partial charge on any atom is -0.458 e. The molecule has 1 saturated carbocycles. The Bertz CT molecular complexity index is 1480. The predicted molar refractivity (Wildman–Crippen MR) is 182 cm³/mol. The van der Waals surface area contributed by atoms with Crippen molar-refractivity contribution >= 4 is 29.8 Å². The van der Waals surface area contributed by atoms with Crippen LogP contribution >= 0.6 is 0 Å². The van der Waals surface area contributed by atoms with Crippen LogP contribution in [0, 0.1) is 5.41 Å². The number of aliphatic hydroxyl groups is 1. The van der Waals surface area contributed by atoms with Crippen molar-refractivity contribution in [2.75, 3.05) is 26.3 Å². The number of halogens is 3. The van der Waals surface area contributed by atoms with Crippen LogP contribution in [0.2, 0.25) is 0 Å². The molecule has 6 unspecified atom stereocenters. The van der Waals surface area contributed by atoms with Crippen molar-refractivity contribution in [3.8, 4) is 0 Å². The second kappa shape index (κ2) is 17.7. The van der Waals surface area contributed by atoms with E-state index in [1.807, 2.05) is 0 Å². The molecule has 3 heterocycles. The number of hydrogen-bond donors (Lipinski definition) is 3. The largest absolute Gasteiger partial charge is 0.458 e. The SMILES string of the molecule is CCCCCC1(CCCCC)OC2C3CC4(C(=O)NCCC(=O)NCCO)C(ON(Cc5ccccc5C=CC(=O)OCC(F)(F)F)C4C(=O)O3)C2O1. The van der Waals surface area contributed by atoms with E-state index >= 15 is 0 Å². The van der Waals surface area contributed by atoms with Crippen LogP contribution in [0.1, 0.15) is 89.2 Å². The average Bonchev–Trinajstić information content (AvgIpc) is 3.67. The van der Waals surface area contributed by atoms with Crippen molar-refractivity contribution in [2.24, 2.45) is 5.41 Å². The van der Waals surface area contributed by atoms with Gasteiger partial charge in [-0.05, 0) is 30.0 Å². The van der Waals surface area contributed by atoms with Gasteiger partial charge in [-0.2, -0.15) is 18.2 Å². The molecule has 1 aromatic rings. The molecule has 3 aliphatic heterocycles. The molecule has 0 spiro atoms. The zero-order chi connectivity index (χ0) is 38.2. The number of benzene rings is 1. The average molecular weight is 754 g/mol. The number of rotatable bonds is 19. The number of unbranched alkanes of at least 4 members (excludes halogenated alkanes) is 4. The highest BCUT2D eigenvalue weighted by atomic mass is 19.4. The number of carbonyl (C=O) groups is 4. The summed E-state index contributed by atoms with van der Waals surface area (Å²) in [5.41, 5.74) is -0.527. The first-order chi connectivity index (χ1) is 25.4. The summed E-state index contributed by atoms with van der Waals surface area (Å²) in [5, 5.41) is 15.8. The molecule has 3 saturated heterocycles. The Labute approximate surface area is 306 Å². The van der Waals surface area contributed by atoms with Gasteiger partial charge in [0.25, 0.3) is 0 Å². The van der Waals surface area contributed by atoms with Crippen molar-refractivity contribution in [1.29, 1.82) is 0 Å². The molecular formula is C37H50F3N3O10. The first-order valence-electron chi connectivity index (χ1n) is 18.5. The van der Waals surface area contributed by atoms with Gasteiger partial charge in [0.15, 0.2) is 18.4 Å². The number of hydroxylamine groups is 2. The lowest BCUT2D eigenvalue weighted by Crippen LogP contribution is -2.69. The Hall–Kier alpha value is -3.57. The van der Waals surface area contributed by atoms with Crippen LogP contribution in [0.25, 0.3) is 6.08 Å². The third-order valence-electron chi connectivity index (χ3n) is 10.2. The highest BCUT2D eigenvalue weighted by Crippen LogP contribution is 2.58. The number of amides is 2. The van der Waals surface area contributed by atoms with E-state index in [0.717, 1.165) is 44.6 Å². The second-order valence-corrected chi connectivity index (χ2v) is 14.0. The summed E-state index contributed by atoms with van der Waals surface area (Å²) in [7, 11) is 0. The van der Waals surface area contributed by atoms with Gasteiger partial charge in [0.2, 0.25) is 11.8 Å². The third kappa shape index (κ3) is 9.39. The molecule has 0 radical (unpaired) electrons. The summed E-state index contributed by atoms with van der Waals surface area (Å²) in [6, 6.07) is 5.48. The molecule has 53 heavy (non-hydrogen) atoms. The molecule has 2 amide bonds. The van der Waals surface area contributed by atoms with Crippen molar-refractivity contribution in [1.82, 2.24) is 15.7 Å². The van der Waals surface area contributed by atoms with Crippen LogP contribution in [0.4, 0.5) is 13.2 Å². The van der Waals surface area contributed by atoms with Crippen LogP contribution in [-0.2, 0) is 49.5 Å². The smallest absolute Gasteiger partial charge is 0.422 e. The molecule has 0 aromatic heterocycles. The summed E-state index contributed by atoms with van der Waals surface area (Å²) in [6.07, 6.45) is 1.12. The summed E-state index contributed by atoms with van der Waals surface area (Å²) in [5.74, 6) is -3.72. The van der Waals surface area contributed by atoms with Gasteiger partial charge in [0.05, 0.1) is 13.2 Å². The number of aliphatic hydroxyl groups excluding tert-OH is 1. The molecule has 3 N–H and O–H groups in total. The fourth-order valence-corrected chi connectivity index (χ4v) is 7.80. The lowest BCUT2D eigenvalue weighted by Gasteiger charge is -2.48. The second-order valence-electron chi connectivity index (χ2n) is 14.0. The number of nitrogens with zero attached hydrogens (tertiary/aromatic N) is 1. The predicted octanol–water partition coefficient (Wildman–Crippen LogP) is 3.86. The lowest BCUT2D eigenvalue weighted by molar-refractivity contribution is -0.224. The van der Waals surface area contributed by atoms with E-state index in [9.17, 15) is 32.3 Å². The highest BCUT2D eigenvalue weighted by molar-refractivity contribution is 5.94. The number of alkyl halides is 3. The fourth-order valence-electron chi connectivity index (χ4n) is 7.80. The minimum atomic E-state index is -4.68. The Morgan fingerprint density at radius 2 is 1.72 bits per heavy atom. The Morgan fingerprint density at radius 1 is 1.02 bits per heavy atom. The zero-order valence-corrected chi connectivity index (χ0v) is 30.2. The quantitative estimate of drug-likeness (QED) is 0.107. The molecular weight excluding hydrogens is 703 g/mol. The van der Waals surface area contributed by atoms with Gasteiger partial charge >= 0.3 is 18.1 Å². The van der Waals surface area contributed by atoms with Crippen LogP contribution < -0.4 is 10.6 Å². The maximum absolute atomic E-state index is 14.4. The van der Waals surface area contributed by atoms with E-state index in [-0.39, 0.29) is 45.0 Å². The number of hydrogen-bond acceptors (Lipinski definition) is 11. The molecule has 4 aliphatic rings. The van der Waals surface area contributed by atoms with Crippen LogP contribution in [-0.4, -0.2) is 103 Å². The van der Waals surface area contributed by atoms with Crippen molar-refractivity contribution in [3.05, 3.63) is 41.5 Å². The summed E-state index contributed by atoms with van der Waals surface area (Å²) in [6.45, 7) is 2.21. The van der Waals surface area contributed by atoms with Crippen LogP contribution in [0.5, 0.6) is 0 Å². The molecule has 1 aliphatic carbocycles. The molecule has 13 nitrogen and oxygen atoms in total. The maximum Gasteiger partial charge on any atom is 0.422 e. The molecule has 4 fully saturated rings. The van der Waals surface area contributed by atoms with E-state index in [0.29, 0.717) is 24.0 Å². The van der Waals surface area contributed by atoms with Gasteiger partial charge in [-0.3, -0.25) is 19.2 Å². The van der Waals surface area contributed by atoms with Gasteiger partial charge < -0.3 is 34.7 Å². The highest BCUT2D eigenvalue weighted by Gasteiger charge is 2.76. The van der Waals surface area contributed by atoms with E-state index in [1.165, 1.54) is 11.1 Å². The fraction of sp³-hybridized carbons (Fsp3) is 0.676.